The molecule has 0 aromatic rings. The standard InChI is InChI=1S/C13H21NO5/c1-13(2,3)19-12(17)14-9-5-8(6-9)10(15)7-11(16)18-4/h8-9H,5-7H2,1-4H3,(H,14,17). The molecule has 0 aliphatic heterocycles. The molecule has 1 saturated carbocycles. The number of carbonyl (C=O) groups is 3. The average Bonchev–Trinajstić information content (AvgIpc) is 2.19. The summed E-state index contributed by atoms with van der Waals surface area (Å²) in [6.45, 7) is 5.36. The summed E-state index contributed by atoms with van der Waals surface area (Å²) < 4.78 is 9.55. The number of ether oxygens (including phenoxy) is 2. The Bertz CT molecular complexity index is 366. The lowest BCUT2D eigenvalue weighted by molar-refractivity contribution is -0.145. The molecule has 1 amide bonds. The third-order valence-corrected chi connectivity index (χ3v) is 2.86. The summed E-state index contributed by atoms with van der Waals surface area (Å²) in [5, 5.41) is 2.70. The van der Waals surface area contributed by atoms with E-state index in [1.165, 1.54) is 7.11 Å². The third-order valence-electron chi connectivity index (χ3n) is 2.86. The van der Waals surface area contributed by atoms with Crippen molar-refractivity contribution in [3.05, 3.63) is 0 Å². The Morgan fingerprint density at radius 1 is 1.21 bits per heavy atom. The molecule has 0 unspecified atom stereocenters. The molecule has 19 heavy (non-hydrogen) atoms. The molecule has 6 nitrogen and oxygen atoms in total. The zero-order valence-corrected chi connectivity index (χ0v) is 11.8. The number of rotatable bonds is 4. The molecular formula is C13H21NO5. The number of methoxy groups -OCH3 is 1. The Hall–Kier alpha value is -1.59. The summed E-state index contributed by atoms with van der Waals surface area (Å²) in [7, 11) is 1.25. The van der Waals surface area contributed by atoms with Gasteiger partial charge in [-0.3, -0.25) is 9.59 Å². The average molecular weight is 271 g/mol. The van der Waals surface area contributed by atoms with E-state index in [-0.39, 0.29) is 24.2 Å². The second kappa shape index (κ2) is 6.04. The third kappa shape index (κ3) is 5.28. The van der Waals surface area contributed by atoms with Gasteiger partial charge < -0.3 is 14.8 Å². The molecule has 1 rings (SSSR count). The minimum Gasteiger partial charge on any atom is -0.469 e. The first kappa shape index (κ1) is 15.5. The predicted octanol–water partition coefficient (Wildman–Crippen LogP) is 1.42. The highest BCUT2D eigenvalue weighted by Gasteiger charge is 2.36. The maximum absolute atomic E-state index is 11.6. The van der Waals surface area contributed by atoms with Gasteiger partial charge in [-0.25, -0.2) is 4.79 Å². The first-order valence-electron chi connectivity index (χ1n) is 6.30. The summed E-state index contributed by atoms with van der Waals surface area (Å²) in [6, 6.07) is -0.0542. The van der Waals surface area contributed by atoms with Crippen LogP contribution in [0.15, 0.2) is 0 Å². The molecule has 6 heteroatoms. The molecule has 0 spiro atoms. The van der Waals surface area contributed by atoms with Gasteiger partial charge in [0, 0.05) is 12.0 Å². The van der Waals surface area contributed by atoms with E-state index in [1.807, 2.05) is 0 Å². The van der Waals surface area contributed by atoms with Crippen LogP contribution in [-0.4, -0.2) is 36.6 Å². The summed E-state index contributed by atoms with van der Waals surface area (Å²) in [6.07, 6.45) is 0.432. The van der Waals surface area contributed by atoms with Gasteiger partial charge in [0.05, 0.1) is 7.11 Å². The molecule has 0 aromatic carbocycles. The van der Waals surface area contributed by atoms with E-state index in [2.05, 4.69) is 10.1 Å². The van der Waals surface area contributed by atoms with Crippen molar-refractivity contribution in [1.82, 2.24) is 5.32 Å². The smallest absolute Gasteiger partial charge is 0.407 e. The lowest BCUT2D eigenvalue weighted by Gasteiger charge is -2.35. The number of nitrogens with one attached hydrogen (secondary N) is 1. The van der Waals surface area contributed by atoms with Gasteiger partial charge in [0.1, 0.15) is 17.8 Å². The van der Waals surface area contributed by atoms with Crippen molar-refractivity contribution in [3.8, 4) is 0 Å². The lowest BCUT2D eigenvalue weighted by Crippen LogP contribution is -2.48. The number of ketones is 1. The van der Waals surface area contributed by atoms with Crippen LogP contribution in [0.3, 0.4) is 0 Å². The fourth-order valence-electron chi connectivity index (χ4n) is 1.83. The second-order valence-corrected chi connectivity index (χ2v) is 5.73. The van der Waals surface area contributed by atoms with Gasteiger partial charge in [-0.1, -0.05) is 0 Å². The van der Waals surface area contributed by atoms with Gasteiger partial charge in [0.15, 0.2) is 0 Å². The van der Waals surface area contributed by atoms with Crippen LogP contribution in [0.1, 0.15) is 40.0 Å². The van der Waals surface area contributed by atoms with Gasteiger partial charge in [-0.2, -0.15) is 0 Å². The summed E-state index contributed by atoms with van der Waals surface area (Å²) >= 11 is 0. The molecule has 0 radical (unpaired) electrons. The lowest BCUT2D eigenvalue weighted by atomic mass is 9.77. The van der Waals surface area contributed by atoms with Crippen LogP contribution in [0.5, 0.6) is 0 Å². The van der Waals surface area contributed by atoms with E-state index < -0.39 is 17.7 Å². The maximum Gasteiger partial charge on any atom is 0.407 e. The Morgan fingerprint density at radius 3 is 2.26 bits per heavy atom. The highest BCUT2D eigenvalue weighted by molar-refractivity contribution is 5.97. The van der Waals surface area contributed by atoms with Crippen LogP contribution in [0, 0.1) is 5.92 Å². The van der Waals surface area contributed by atoms with Crippen molar-refractivity contribution in [2.75, 3.05) is 7.11 Å². The molecule has 108 valence electrons. The monoisotopic (exact) mass is 271 g/mol. The topological polar surface area (TPSA) is 81.7 Å². The largest absolute Gasteiger partial charge is 0.469 e. The van der Waals surface area contributed by atoms with E-state index >= 15 is 0 Å². The van der Waals surface area contributed by atoms with E-state index in [4.69, 9.17) is 4.74 Å². The number of Topliss-reactive ketones (excluding diaryl/α,β-unsaturated/α-hetero) is 1. The van der Waals surface area contributed by atoms with E-state index in [1.54, 1.807) is 20.8 Å². The van der Waals surface area contributed by atoms with Crippen LogP contribution in [0.25, 0.3) is 0 Å². The Kier molecular flexibility index (Phi) is 4.91. The molecule has 1 N–H and O–H groups in total. The van der Waals surface area contributed by atoms with Crippen molar-refractivity contribution < 1.29 is 23.9 Å². The first-order chi connectivity index (χ1) is 8.71. The van der Waals surface area contributed by atoms with Gasteiger partial charge in [-0.15, -0.1) is 0 Å². The zero-order chi connectivity index (χ0) is 14.6. The molecule has 1 aliphatic rings. The van der Waals surface area contributed by atoms with Gasteiger partial charge in [-0.05, 0) is 33.6 Å². The van der Waals surface area contributed by atoms with Crippen molar-refractivity contribution >= 4 is 17.8 Å². The van der Waals surface area contributed by atoms with Gasteiger partial charge in [0.2, 0.25) is 0 Å². The molecule has 0 saturated heterocycles. The van der Waals surface area contributed by atoms with Crippen molar-refractivity contribution in [1.29, 1.82) is 0 Å². The van der Waals surface area contributed by atoms with Crippen molar-refractivity contribution in [3.63, 3.8) is 0 Å². The molecule has 0 atom stereocenters. The number of carbonyl (C=O) groups excluding carboxylic acids is 3. The van der Waals surface area contributed by atoms with Crippen LogP contribution in [0.2, 0.25) is 0 Å². The fourth-order valence-corrected chi connectivity index (χ4v) is 1.83. The molecule has 0 heterocycles. The van der Waals surface area contributed by atoms with Crippen LogP contribution < -0.4 is 5.32 Å². The van der Waals surface area contributed by atoms with Gasteiger partial charge in [0.25, 0.3) is 0 Å². The molecule has 1 aliphatic carbocycles. The number of amides is 1. The van der Waals surface area contributed by atoms with E-state index in [9.17, 15) is 14.4 Å². The fraction of sp³-hybridized carbons (Fsp3) is 0.769. The Labute approximate surface area is 112 Å². The van der Waals surface area contributed by atoms with Crippen LogP contribution in [0.4, 0.5) is 4.79 Å². The highest BCUT2D eigenvalue weighted by atomic mass is 16.6. The first-order valence-corrected chi connectivity index (χ1v) is 6.30. The second-order valence-electron chi connectivity index (χ2n) is 5.73. The molecule has 0 bridgehead atoms. The zero-order valence-electron chi connectivity index (χ0n) is 11.8. The van der Waals surface area contributed by atoms with Crippen LogP contribution >= 0.6 is 0 Å². The van der Waals surface area contributed by atoms with Gasteiger partial charge >= 0.3 is 12.1 Å². The minimum absolute atomic E-state index is 0.0542. The number of alkyl carbamates (subject to hydrolysis) is 1. The summed E-state index contributed by atoms with van der Waals surface area (Å²) in [4.78, 5) is 34.0. The van der Waals surface area contributed by atoms with Crippen molar-refractivity contribution in [2.45, 2.75) is 51.7 Å². The minimum atomic E-state index is -0.534. The Balaban J connectivity index is 2.25. The quantitative estimate of drug-likeness (QED) is 0.617. The van der Waals surface area contributed by atoms with Crippen LogP contribution in [-0.2, 0) is 19.1 Å². The number of esters is 1. The molecule has 1 fully saturated rings. The van der Waals surface area contributed by atoms with E-state index in [0.717, 1.165) is 0 Å². The SMILES string of the molecule is COC(=O)CC(=O)C1CC(NC(=O)OC(C)(C)C)C1. The maximum atomic E-state index is 11.6. The Morgan fingerprint density at radius 2 is 1.79 bits per heavy atom. The number of hydrogen-bond acceptors (Lipinski definition) is 5. The normalized spacial score (nSPS) is 22.1. The summed E-state index contributed by atoms with van der Waals surface area (Å²) in [5.74, 6) is -0.818. The molecule has 0 aromatic heterocycles. The van der Waals surface area contributed by atoms with E-state index in [0.29, 0.717) is 12.8 Å². The molecular weight excluding hydrogens is 250 g/mol. The predicted molar refractivity (Wildman–Crippen MR) is 67.5 cm³/mol. The summed E-state index contributed by atoms with van der Waals surface area (Å²) in [5.41, 5.74) is -0.534. The highest BCUT2D eigenvalue weighted by Crippen LogP contribution is 2.29. The van der Waals surface area contributed by atoms with Crippen molar-refractivity contribution in [2.24, 2.45) is 5.92 Å². The number of hydrogen-bond donors (Lipinski definition) is 1.